The van der Waals surface area contributed by atoms with Crippen molar-refractivity contribution in [1.29, 1.82) is 0 Å². The van der Waals surface area contributed by atoms with E-state index in [1.54, 1.807) is 12.1 Å². The van der Waals surface area contributed by atoms with E-state index < -0.39 is 12.4 Å². The lowest BCUT2D eigenvalue weighted by Gasteiger charge is -2.17. The molecule has 0 radical (unpaired) electrons. The number of methoxy groups -OCH3 is 1. The van der Waals surface area contributed by atoms with E-state index in [1.807, 2.05) is 0 Å². The van der Waals surface area contributed by atoms with Gasteiger partial charge in [-0.3, -0.25) is 0 Å². The number of alkyl halides is 3. The third-order valence-electron chi connectivity index (χ3n) is 3.11. The third-order valence-corrected chi connectivity index (χ3v) is 3.71. The number of phenols is 1. The topological polar surface area (TPSA) is 64.7 Å². The van der Waals surface area contributed by atoms with E-state index in [-0.39, 0.29) is 23.9 Å². The predicted molar refractivity (Wildman–Crippen MR) is 88.8 cm³/mol. The highest BCUT2D eigenvalue weighted by molar-refractivity contribution is 9.10. The van der Waals surface area contributed by atoms with Crippen molar-refractivity contribution in [2.45, 2.75) is 12.4 Å². The average Bonchev–Trinajstić information content (AvgIpc) is 2.48. The summed E-state index contributed by atoms with van der Waals surface area (Å²) in [4.78, 5) is 0. The fourth-order valence-electron chi connectivity index (χ4n) is 2.01. The zero-order valence-electron chi connectivity index (χ0n) is 12.3. The lowest BCUT2D eigenvalue weighted by Crippen LogP contribution is -2.17. The van der Waals surface area contributed by atoms with Crippen molar-refractivity contribution >= 4 is 28.3 Å². The standard InChI is InChI=1S/C15H13BrF3NO3.ClH/c1-22-10-6-11(14(21)12(16)7-10)13(20)8-2-4-9(5-3-8)23-15(17,18)19;/h2-7,13,21H,20H2,1H3;1H/t13-;/m1./s1. The number of benzene rings is 2. The largest absolute Gasteiger partial charge is 0.573 e. The van der Waals surface area contributed by atoms with Crippen LogP contribution in [0.1, 0.15) is 17.2 Å². The van der Waals surface area contributed by atoms with Gasteiger partial charge in [0.15, 0.2) is 0 Å². The number of halogens is 5. The van der Waals surface area contributed by atoms with Gasteiger partial charge in [-0.15, -0.1) is 25.6 Å². The van der Waals surface area contributed by atoms with Crippen molar-refractivity contribution in [2.24, 2.45) is 5.73 Å². The zero-order valence-corrected chi connectivity index (χ0v) is 14.7. The van der Waals surface area contributed by atoms with Crippen LogP contribution in [0, 0.1) is 0 Å². The molecule has 0 spiro atoms. The number of hydrogen-bond donors (Lipinski definition) is 2. The average molecular weight is 429 g/mol. The smallest absolute Gasteiger partial charge is 0.506 e. The van der Waals surface area contributed by atoms with Gasteiger partial charge in [-0.25, -0.2) is 0 Å². The van der Waals surface area contributed by atoms with Gasteiger partial charge in [0.25, 0.3) is 0 Å². The van der Waals surface area contributed by atoms with Crippen molar-refractivity contribution in [3.8, 4) is 17.2 Å². The van der Waals surface area contributed by atoms with E-state index in [2.05, 4.69) is 20.7 Å². The maximum absolute atomic E-state index is 12.1. The van der Waals surface area contributed by atoms with Crippen molar-refractivity contribution in [1.82, 2.24) is 0 Å². The number of rotatable bonds is 4. The van der Waals surface area contributed by atoms with Gasteiger partial charge in [-0.2, -0.15) is 0 Å². The molecule has 4 nitrogen and oxygen atoms in total. The number of ether oxygens (including phenoxy) is 2. The minimum absolute atomic E-state index is 0. The third kappa shape index (κ3) is 4.93. The Morgan fingerprint density at radius 3 is 2.21 bits per heavy atom. The summed E-state index contributed by atoms with van der Waals surface area (Å²) in [5.41, 5.74) is 6.97. The first-order valence-corrected chi connectivity index (χ1v) is 7.18. The summed E-state index contributed by atoms with van der Waals surface area (Å²) in [6, 6.07) is 7.51. The molecule has 0 aliphatic rings. The Morgan fingerprint density at radius 2 is 1.71 bits per heavy atom. The van der Waals surface area contributed by atoms with E-state index >= 15 is 0 Å². The van der Waals surface area contributed by atoms with Gasteiger partial charge in [0, 0.05) is 5.56 Å². The van der Waals surface area contributed by atoms with E-state index in [0.29, 0.717) is 21.3 Å². The molecule has 2 aromatic rings. The second kappa shape index (κ2) is 7.96. The molecule has 2 rings (SSSR count). The molecule has 24 heavy (non-hydrogen) atoms. The Balaban J connectivity index is 0.00000288. The highest BCUT2D eigenvalue weighted by atomic mass is 79.9. The van der Waals surface area contributed by atoms with Gasteiger partial charge in [0.1, 0.15) is 17.2 Å². The van der Waals surface area contributed by atoms with Crippen LogP contribution in [0.15, 0.2) is 40.9 Å². The molecule has 0 amide bonds. The highest BCUT2D eigenvalue weighted by Crippen LogP contribution is 2.37. The SMILES string of the molecule is COc1cc(Br)c(O)c([C@H](N)c2ccc(OC(F)(F)F)cc2)c1.Cl. The van der Waals surface area contributed by atoms with E-state index in [9.17, 15) is 18.3 Å². The predicted octanol–water partition coefficient (Wildman–Crippen LogP) is 4.53. The van der Waals surface area contributed by atoms with Crippen molar-refractivity contribution < 1.29 is 27.8 Å². The number of nitrogens with two attached hydrogens (primary N) is 1. The van der Waals surface area contributed by atoms with Crippen LogP contribution < -0.4 is 15.2 Å². The summed E-state index contributed by atoms with van der Waals surface area (Å²) in [7, 11) is 1.47. The molecule has 0 unspecified atom stereocenters. The molecule has 3 N–H and O–H groups in total. The van der Waals surface area contributed by atoms with Crippen LogP contribution in [-0.4, -0.2) is 18.6 Å². The Morgan fingerprint density at radius 1 is 1.12 bits per heavy atom. The molecule has 1 atom stereocenters. The summed E-state index contributed by atoms with van der Waals surface area (Å²) >= 11 is 3.19. The van der Waals surface area contributed by atoms with Gasteiger partial charge >= 0.3 is 6.36 Å². The maximum atomic E-state index is 12.1. The van der Waals surface area contributed by atoms with Gasteiger partial charge in [-0.05, 0) is 45.8 Å². The quantitative estimate of drug-likeness (QED) is 0.751. The molecule has 0 bridgehead atoms. The first-order valence-electron chi connectivity index (χ1n) is 6.39. The van der Waals surface area contributed by atoms with Crippen LogP contribution in [0.3, 0.4) is 0 Å². The van der Waals surface area contributed by atoms with Crippen LogP contribution in [0.2, 0.25) is 0 Å². The van der Waals surface area contributed by atoms with E-state index in [4.69, 9.17) is 10.5 Å². The number of hydrogen-bond acceptors (Lipinski definition) is 4. The zero-order chi connectivity index (χ0) is 17.2. The molecule has 132 valence electrons. The Hall–Kier alpha value is -1.64. The molecule has 0 heterocycles. The summed E-state index contributed by atoms with van der Waals surface area (Å²) in [6.45, 7) is 0. The van der Waals surface area contributed by atoms with E-state index in [1.165, 1.54) is 19.2 Å². The number of aromatic hydroxyl groups is 1. The van der Waals surface area contributed by atoms with Gasteiger partial charge < -0.3 is 20.3 Å². The molecular formula is C15H14BrClF3NO3. The first-order chi connectivity index (χ1) is 10.7. The van der Waals surface area contributed by atoms with Crippen LogP contribution in [0.25, 0.3) is 0 Å². The summed E-state index contributed by atoms with van der Waals surface area (Å²) < 4.78 is 45.8. The van der Waals surface area contributed by atoms with Gasteiger partial charge in [0.05, 0.1) is 17.6 Å². The first kappa shape index (κ1) is 20.4. The number of phenolic OH excluding ortho intramolecular Hbond substituents is 1. The second-order valence-electron chi connectivity index (χ2n) is 4.64. The summed E-state index contributed by atoms with van der Waals surface area (Å²) in [6.07, 6.45) is -4.75. The molecule has 2 aromatic carbocycles. The molecule has 0 aromatic heterocycles. The lowest BCUT2D eigenvalue weighted by atomic mass is 9.98. The minimum Gasteiger partial charge on any atom is -0.506 e. The molecule has 0 aliphatic heterocycles. The molecular weight excluding hydrogens is 415 g/mol. The monoisotopic (exact) mass is 427 g/mol. The normalized spacial score (nSPS) is 12.2. The summed E-state index contributed by atoms with van der Waals surface area (Å²) in [5, 5.41) is 10.1. The Bertz CT molecular complexity index is 696. The van der Waals surface area contributed by atoms with Crippen LogP contribution in [0.5, 0.6) is 17.2 Å². The van der Waals surface area contributed by atoms with Crippen LogP contribution >= 0.6 is 28.3 Å². The molecule has 9 heteroatoms. The fourth-order valence-corrected chi connectivity index (χ4v) is 2.46. The Kier molecular flexibility index (Phi) is 6.76. The molecule has 0 saturated heterocycles. The highest BCUT2D eigenvalue weighted by Gasteiger charge is 2.31. The van der Waals surface area contributed by atoms with Gasteiger partial charge in [0.2, 0.25) is 0 Å². The van der Waals surface area contributed by atoms with Crippen LogP contribution in [0.4, 0.5) is 13.2 Å². The van der Waals surface area contributed by atoms with E-state index in [0.717, 1.165) is 12.1 Å². The van der Waals surface area contributed by atoms with Crippen molar-refractivity contribution in [2.75, 3.05) is 7.11 Å². The minimum atomic E-state index is -4.75. The molecule has 0 saturated carbocycles. The van der Waals surface area contributed by atoms with Crippen LogP contribution in [-0.2, 0) is 0 Å². The Labute approximate surface area is 150 Å². The maximum Gasteiger partial charge on any atom is 0.573 e. The molecule has 0 fully saturated rings. The van der Waals surface area contributed by atoms with Crippen molar-refractivity contribution in [3.05, 3.63) is 52.0 Å². The van der Waals surface area contributed by atoms with Gasteiger partial charge in [-0.1, -0.05) is 12.1 Å². The second-order valence-corrected chi connectivity index (χ2v) is 5.50. The fraction of sp³-hybridized carbons (Fsp3) is 0.200. The van der Waals surface area contributed by atoms with Crippen molar-refractivity contribution in [3.63, 3.8) is 0 Å². The summed E-state index contributed by atoms with van der Waals surface area (Å²) in [5.74, 6) is 0.0792. The lowest BCUT2D eigenvalue weighted by molar-refractivity contribution is -0.274. The molecule has 0 aliphatic carbocycles.